The zero-order valence-corrected chi connectivity index (χ0v) is 7.34. The monoisotopic (exact) mass is 181 g/mol. The summed E-state index contributed by atoms with van der Waals surface area (Å²) in [4.78, 5) is 3.99. The molecular formula is C8H8ClN3. The summed E-state index contributed by atoms with van der Waals surface area (Å²) in [7, 11) is 1.89. The van der Waals surface area contributed by atoms with Crippen molar-refractivity contribution in [3.8, 4) is 0 Å². The first-order valence-corrected chi connectivity index (χ1v) is 3.96. The normalized spacial score (nSPS) is 14.8. The summed E-state index contributed by atoms with van der Waals surface area (Å²) in [5, 5.41) is 4.45. The van der Waals surface area contributed by atoms with E-state index in [4.69, 9.17) is 11.6 Å². The molecule has 0 bridgehead atoms. The van der Waals surface area contributed by atoms with Crippen LogP contribution in [-0.4, -0.2) is 17.0 Å². The van der Waals surface area contributed by atoms with Gasteiger partial charge >= 0.3 is 0 Å². The number of nitrogens with zero attached hydrogens (tertiary/aromatic N) is 2. The molecule has 0 spiro atoms. The minimum absolute atomic E-state index is 0.614. The van der Waals surface area contributed by atoms with E-state index in [0.717, 1.165) is 10.4 Å². The highest BCUT2D eigenvalue weighted by atomic mass is 35.5. The predicted octanol–water partition coefficient (Wildman–Crippen LogP) is -0.426. The average Bonchev–Trinajstić information content (AvgIpc) is 2.04. The number of hydrogen-bond donors (Lipinski definition) is 1. The Morgan fingerprint density at radius 3 is 3.25 bits per heavy atom. The van der Waals surface area contributed by atoms with Crippen LogP contribution in [0.5, 0.6) is 0 Å². The fourth-order valence-electron chi connectivity index (χ4n) is 1.16. The van der Waals surface area contributed by atoms with Crippen molar-refractivity contribution < 1.29 is 0 Å². The van der Waals surface area contributed by atoms with Gasteiger partial charge in [-0.3, -0.25) is 15.4 Å². The number of aromatic nitrogens is 1. The van der Waals surface area contributed by atoms with Crippen molar-refractivity contribution in [3.05, 3.63) is 28.9 Å². The van der Waals surface area contributed by atoms with Gasteiger partial charge in [-0.25, -0.2) is 0 Å². The van der Waals surface area contributed by atoms with Crippen LogP contribution in [0.15, 0.2) is 18.5 Å². The molecule has 0 saturated carbocycles. The molecule has 0 atom stereocenters. The maximum absolute atomic E-state index is 5.95. The van der Waals surface area contributed by atoms with Gasteiger partial charge in [-0.2, -0.15) is 0 Å². The van der Waals surface area contributed by atoms with Crippen molar-refractivity contribution in [2.75, 3.05) is 7.05 Å². The largest absolute Gasteiger partial charge is 0.297 e. The molecule has 2 heterocycles. The van der Waals surface area contributed by atoms with Crippen LogP contribution in [0, 0.1) is 0 Å². The molecular weight excluding hydrogens is 174 g/mol. The Morgan fingerprint density at radius 1 is 1.58 bits per heavy atom. The Bertz CT molecular complexity index is 413. The maximum Gasteiger partial charge on any atom is 0.130 e. The summed E-state index contributed by atoms with van der Waals surface area (Å²) in [6, 6.07) is 1.93. The van der Waals surface area contributed by atoms with E-state index in [1.807, 2.05) is 24.3 Å². The van der Waals surface area contributed by atoms with Crippen LogP contribution < -0.4 is 15.9 Å². The standard InChI is InChI=1S/C8H8ClN3/c1-12-5-6-2-3-10-4-7(6)8(9)11-12/h2-5,11H,1H3. The lowest BCUT2D eigenvalue weighted by Gasteiger charge is -2.19. The zero-order chi connectivity index (χ0) is 8.55. The van der Waals surface area contributed by atoms with E-state index in [0.29, 0.717) is 5.16 Å². The fraction of sp³-hybridized carbons (Fsp3) is 0.125. The van der Waals surface area contributed by atoms with Crippen molar-refractivity contribution >= 4 is 23.0 Å². The summed E-state index contributed by atoms with van der Waals surface area (Å²) >= 11 is 5.95. The summed E-state index contributed by atoms with van der Waals surface area (Å²) in [6.07, 6.45) is 5.45. The van der Waals surface area contributed by atoms with Gasteiger partial charge in [-0.05, 0) is 6.07 Å². The maximum atomic E-state index is 5.95. The third kappa shape index (κ3) is 1.12. The molecule has 2 rings (SSSR count). The molecule has 1 aliphatic heterocycles. The minimum Gasteiger partial charge on any atom is -0.297 e. The van der Waals surface area contributed by atoms with Crippen molar-refractivity contribution in [2.45, 2.75) is 0 Å². The van der Waals surface area contributed by atoms with E-state index in [-0.39, 0.29) is 0 Å². The second-order valence-electron chi connectivity index (χ2n) is 2.63. The third-order valence-corrected chi connectivity index (χ3v) is 1.99. The molecule has 1 aromatic heterocycles. The molecule has 0 aliphatic carbocycles. The Morgan fingerprint density at radius 2 is 2.42 bits per heavy atom. The van der Waals surface area contributed by atoms with Crippen LogP contribution in [0.25, 0.3) is 11.4 Å². The Hall–Kier alpha value is -1.22. The molecule has 12 heavy (non-hydrogen) atoms. The number of pyridine rings is 1. The van der Waals surface area contributed by atoms with Gasteiger partial charge in [-0.15, -0.1) is 0 Å². The molecule has 0 fully saturated rings. The Balaban J connectivity index is 2.81. The molecule has 1 aliphatic rings. The number of hydrogen-bond acceptors (Lipinski definition) is 3. The highest BCUT2D eigenvalue weighted by Crippen LogP contribution is 1.96. The average molecular weight is 182 g/mol. The molecule has 0 amide bonds. The second-order valence-corrected chi connectivity index (χ2v) is 3.01. The van der Waals surface area contributed by atoms with E-state index in [1.54, 1.807) is 12.4 Å². The fourth-order valence-corrected chi connectivity index (χ4v) is 1.45. The first kappa shape index (κ1) is 7.43. The van der Waals surface area contributed by atoms with Gasteiger partial charge in [0.1, 0.15) is 5.16 Å². The van der Waals surface area contributed by atoms with Gasteiger partial charge in [0.25, 0.3) is 0 Å². The number of halogens is 1. The lowest BCUT2D eigenvalue weighted by molar-refractivity contribution is 0.435. The van der Waals surface area contributed by atoms with Crippen molar-refractivity contribution in [3.63, 3.8) is 0 Å². The van der Waals surface area contributed by atoms with Crippen molar-refractivity contribution in [1.29, 1.82) is 0 Å². The summed E-state index contributed by atoms with van der Waals surface area (Å²) < 4.78 is 0. The van der Waals surface area contributed by atoms with Crippen LogP contribution in [0.2, 0.25) is 0 Å². The van der Waals surface area contributed by atoms with Gasteiger partial charge in [-0.1, -0.05) is 11.6 Å². The van der Waals surface area contributed by atoms with Crippen LogP contribution >= 0.6 is 11.6 Å². The first-order valence-electron chi connectivity index (χ1n) is 3.58. The Labute approximate surface area is 74.9 Å². The molecule has 0 unspecified atom stereocenters. The van der Waals surface area contributed by atoms with Gasteiger partial charge in [0, 0.05) is 36.1 Å². The topological polar surface area (TPSA) is 28.2 Å². The molecule has 0 radical (unpaired) electrons. The van der Waals surface area contributed by atoms with Crippen LogP contribution in [0.4, 0.5) is 0 Å². The van der Waals surface area contributed by atoms with E-state index in [9.17, 15) is 0 Å². The molecule has 1 N–H and O–H groups in total. The quantitative estimate of drug-likeness (QED) is 0.551. The zero-order valence-electron chi connectivity index (χ0n) is 6.58. The molecule has 62 valence electrons. The lowest BCUT2D eigenvalue weighted by Crippen LogP contribution is -2.42. The van der Waals surface area contributed by atoms with Crippen LogP contribution in [0.1, 0.15) is 0 Å². The molecule has 0 saturated heterocycles. The molecule has 3 nitrogen and oxygen atoms in total. The number of fused-ring (bicyclic) bond motifs is 1. The van der Waals surface area contributed by atoms with Gasteiger partial charge < -0.3 is 0 Å². The number of nitrogens with one attached hydrogen (secondary N) is 1. The Kier molecular flexibility index (Phi) is 1.66. The lowest BCUT2D eigenvalue weighted by atomic mass is 10.3. The third-order valence-electron chi connectivity index (χ3n) is 1.70. The van der Waals surface area contributed by atoms with E-state index < -0.39 is 0 Å². The number of hydrazine groups is 1. The highest BCUT2D eigenvalue weighted by Gasteiger charge is 2.02. The summed E-state index contributed by atoms with van der Waals surface area (Å²) in [6.45, 7) is 0. The summed E-state index contributed by atoms with van der Waals surface area (Å²) in [5.41, 5.74) is 2.96. The smallest absolute Gasteiger partial charge is 0.130 e. The van der Waals surface area contributed by atoms with Crippen molar-refractivity contribution in [2.24, 2.45) is 0 Å². The van der Waals surface area contributed by atoms with Crippen molar-refractivity contribution in [1.82, 2.24) is 15.4 Å². The predicted molar refractivity (Wildman–Crippen MR) is 48.1 cm³/mol. The van der Waals surface area contributed by atoms with E-state index >= 15 is 0 Å². The minimum atomic E-state index is 0.614. The first-order chi connectivity index (χ1) is 5.77. The van der Waals surface area contributed by atoms with Crippen LogP contribution in [-0.2, 0) is 0 Å². The SMILES string of the molecule is CN1C=c2ccncc2=C(Cl)N1. The van der Waals surface area contributed by atoms with Gasteiger partial charge in [0.05, 0.1) is 0 Å². The molecule has 1 aromatic rings. The van der Waals surface area contributed by atoms with Gasteiger partial charge in [0.15, 0.2) is 0 Å². The van der Waals surface area contributed by atoms with Gasteiger partial charge in [0.2, 0.25) is 0 Å². The molecule has 0 aromatic carbocycles. The number of rotatable bonds is 0. The van der Waals surface area contributed by atoms with Crippen LogP contribution in [0.3, 0.4) is 0 Å². The molecule has 4 heteroatoms. The van der Waals surface area contributed by atoms with E-state index in [2.05, 4.69) is 10.4 Å². The van der Waals surface area contributed by atoms with E-state index in [1.165, 1.54) is 0 Å². The second kappa shape index (κ2) is 2.68. The summed E-state index contributed by atoms with van der Waals surface area (Å²) in [5.74, 6) is 0. The highest BCUT2D eigenvalue weighted by molar-refractivity contribution is 6.44.